The number of ether oxygens (including phenoxy) is 1. The number of aromatic nitrogens is 1. The topological polar surface area (TPSA) is 110 Å². The number of anilines is 1. The lowest BCUT2D eigenvalue weighted by Gasteiger charge is -2.12. The largest absolute Gasteiger partial charge is 0.497 e. The molecule has 1 aromatic heterocycles. The van der Waals surface area contributed by atoms with Crippen LogP contribution >= 0.6 is 0 Å². The number of benzene rings is 2. The second kappa shape index (κ2) is 9.18. The van der Waals surface area contributed by atoms with Crippen molar-refractivity contribution >= 4 is 23.4 Å². The van der Waals surface area contributed by atoms with Gasteiger partial charge in [-0.25, -0.2) is 0 Å². The lowest BCUT2D eigenvalue weighted by Crippen LogP contribution is -2.13. The van der Waals surface area contributed by atoms with Crippen molar-refractivity contribution in [2.45, 2.75) is 20.8 Å². The van der Waals surface area contributed by atoms with E-state index < -0.39 is 10.8 Å². The van der Waals surface area contributed by atoms with Crippen molar-refractivity contribution in [3.05, 3.63) is 86.7 Å². The highest BCUT2D eigenvalue weighted by Crippen LogP contribution is 2.27. The van der Waals surface area contributed by atoms with Gasteiger partial charge in [-0.1, -0.05) is 6.07 Å². The molecule has 0 saturated carbocycles. The lowest BCUT2D eigenvalue weighted by atomic mass is 10.1. The summed E-state index contributed by atoms with van der Waals surface area (Å²) >= 11 is 0. The molecule has 0 radical (unpaired) electrons. The first kappa shape index (κ1) is 22.3. The Kier molecular flexibility index (Phi) is 6.40. The fourth-order valence-corrected chi connectivity index (χ4v) is 3.51. The monoisotopic (exact) mass is 430 g/mol. The molecule has 0 aliphatic carbocycles. The van der Waals surface area contributed by atoms with Crippen LogP contribution in [0.25, 0.3) is 11.8 Å². The number of methoxy groups -OCH3 is 1. The Balaban J connectivity index is 1.95. The normalized spacial score (nSPS) is 11.0. The van der Waals surface area contributed by atoms with E-state index in [1.165, 1.54) is 25.3 Å². The van der Waals surface area contributed by atoms with Gasteiger partial charge in [0.05, 0.1) is 12.0 Å². The molecule has 32 heavy (non-hydrogen) atoms. The summed E-state index contributed by atoms with van der Waals surface area (Å²) in [5, 5.41) is 23.3. The van der Waals surface area contributed by atoms with E-state index in [2.05, 4.69) is 5.32 Å². The Hall–Kier alpha value is -4.38. The number of nitro benzene ring substituents is 1. The Bertz CT molecular complexity index is 1280. The van der Waals surface area contributed by atoms with Gasteiger partial charge < -0.3 is 14.6 Å². The second-order valence-electron chi connectivity index (χ2n) is 7.25. The van der Waals surface area contributed by atoms with Crippen LogP contribution in [0.5, 0.6) is 5.75 Å². The van der Waals surface area contributed by atoms with Gasteiger partial charge in [0.15, 0.2) is 0 Å². The number of rotatable bonds is 6. The number of nitrogens with one attached hydrogen (secondary N) is 1. The van der Waals surface area contributed by atoms with Gasteiger partial charge in [0.2, 0.25) is 0 Å². The third kappa shape index (κ3) is 4.52. The fraction of sp³-hybridized carbons (Fsp3) is 0.167. The molecule has 0 unspecified atom stereocenters. The highest BCUT2D eigenvalue weighted by molar-refractivity contribution is 6.09. The van der Waals surface area contributed by atoms with Gasteiger partial charge in [-0.2, -0.15) is 5.26 Å². The zero-order valence-corrected chi connectivity index (χ0v) is 18.2. The Morgan fingerprint density at radius 3 is 2.56 bits per heavy atom. The molecule has 3 aromatic rings. The molecule has 8 nitrogen and oxygen atoms in total. The highest BCUT2D eigenvalue weighted by Gasteiger charge is 2.16. The number of carbonyl (C=O) groups excluding carboxylic acids is 1. The van der Waals surface area contributed by atoms with Crippen molar-refractivity contribution in [1.82, 2.24) is 4.57 Å². The van der Waals surface area contributed by atoms with Gasteiger partial charge in [0.25, 0.3) is 11.6 Å². The molecule has 1 amide bonds. The van der Waals surface area contributed by atoms with Crippen LogP contribution in [0.15, 0.2) is 54.1 Å². The molecule has 1 heterocycles. The van der Waals surface area contributed by atoms with Gasteiger partial charge in [0, 0.05) is 41.0 Å². The molecule has 0 aliphatic rings. The predicted octanol–water partition coefficient (Wildman–Crippen LogP) is 4.87. The standard InChI is InChI=1S/C24H22N4O4/c1-15-10-21(28(30)31)8-9-23(15)27-16(2)11-18(17(27)3)12-19(14-25)24(29)26-20-6-5-7-22(13-20)32-4/h5-13H,1-4H3,(H,26,29). The number of nitro groups is 1. The number of hydrogen-bond donors (Lipinski definition) is 1. The summed E-state index contributed by atoms with van der Waals surface area (Å²) < 4.78 is 7.10. The van der Waals surface area contributed by atoms with E-state index in [1.807, 2.05) is 30.6 Å². The van der Waals surface area contributed by atoms with Crippen LogP contribution < -0.4 is 10.1 Å². The molecule has 3 rings (SSSR count). The fourth-order valence-electron chi connectivity index (χ4n) is 3.51. The molecule has 1 N–H and O–H groups in total. The number of amides is 1. The van der Waals surface area contributed by atoms with Crippen molar-refractivity contribution in [2.75, 3.05) is 12.4 Å². The summed E-state index contributed by atoms with van der Waals surface area (Å²) in [7, 11) is 1.53. The Morgan fingerprint density at radius 1 is 1.19 bits per heavy atom. The van der Waals surface area contributed by atoms with Crippen LogP contribution in [-0.4, -0.2) is 22.5 Å². The number of nitriles is 1. The van der Waals surface area contributed by atoms with Gasteiger partial charge in [-0.05, 0) is 62.2 Å². The van der Waals surface area contributed by atoms with Crippen LogP contribution in [0.1, 0.15) is 22.5 Å². The highest BCUT2D eigenvalue weighted by atomic mass is 16.6. The van der Waals surface area contributed by atoms with Gasteiger partial charge in [-0.15, -0.1) is 0 Å². The van der Waals surface area contributed by atoms with E-state index in [-0.39, 0.29) is 11.3 Å². The van der Waals surface area contributed by atoms with Crippen molar-refractivity contribution in [3.8, 4) is 17.5 Å². The maximum absolute atomic E-state index is 12.7. The molecule has 0 atom stereocenters. The smallest absolute Gasteiger partial charge is 0.269 e. The summed E-state index contributed by atoms with van der Waals surface area (Å²) in [4.78, 5) is 23.3. The summed E-state index contributed by atoms with van der Waals surface area (Å²) in [6.07, 6.45) is 1.54. The molecule has 0 saturated heterocycles. The molecular formula is C24H22N4O4. The number of hydrogen-bond acceptors (Lipinski definition) is 5. The van der Waals surface area contributed by atoms with Crippen molar-refractivity contribution in [1.29, 1.82) is 5.26 Å². The van der Waals surface area contributed by atoms with Crippen molar-refractivity contribution in [3.63, 3.8) is 0 Å². The predicted molar refractivity (Wildman–Crippen MR) is 122 cm³/mol. The minimum absolute atomic E-state index is 0.0230. The van der Waals surface area contributed by atoms with E-state index in [9.17, 15) is 20.2 Å². The second-order valence-corrected chi connectivity index (χ2v) is 7.25. The summed E-state index contributed by atoms with van der Waals surface area (Å²) in [5.41, 5.74) is 4.42. The van der Waals surface area contributed by atoms with E-state index in [0.717, 1.165) is 22.6 Å². The third-order valence-corrected chi connectivity index (χ3v) is 5.09. The number of non-ortho nitro benzene ring substituents is 1. The quantitative estimate of drug-likeness (QED) is 0.260. The van der Waals surface area contributed by atoms with Crippen LogP contribution in [-0.2, 0) is 4.79 Å². The number of carbonyl (C=O) groups is 1. The summed E-state index contributed by atoms with van der Waals surface area (Å²) in [6.45, 7) is 5.57. The SMILES string of the molecule is COc1cccc(NC(=O)C(C#N)=Cc2cc(C)n(-c3ccc([N+](=O)[O-])cc3C)c2C)c1. The number of nitrogens with zero attached hydrogens (tertiary/aromatic N) is 3. The van der Waals surface area contributed by atoms with Crippen molar-refractivity contribution in [2.24, 2.45) is 0 Å². The third-order valence-electron chi connectivity index (χ3n) is 5.09. The molecular weight excluding hydrogens is 408 g/mol. The molecule has 0 spiro atoms. The maximum Gasteiger partial charge on any atom is 0.269 e. The minimum atomic E-state index is -0.530. The molecule has 2 aromatic carbocycles. The first-order valence-electron chi connectivity index (χ1n) is 9.76. The summed E-state index contributed by atoms with van der Waals surface area (Å²) in [5.74, 6) is 0.0596. The van der Waals surface area contributed by atoms with Gasteiger partial charge in [-0.3, -0.25) is 14.9 Å². The van der Waals surface area contributed by atoms with Crippen LogP contribution in [0.3, 0.4) is 0 Å². The molecule has 0 aliphatic heterocycles. The number of aryl methyl sites for hydroxylation is 2. The van der Waals surface area contributed by atoms with Crippen LogP contribution in [0, 0.1) is 42.2 Å². The van der Waals surface area contributed by atoms with E-state index in [1.54, 1.807) is 37.3 Å². The maximum atomic E-state index is 12.7. The van der Waals surface area contributed by atoms with E-state index in [0.29, 0.717) is 17.0 Å². The molecule has 0 bridgehead atoms. The molecule has 8 heteroatoms. The molecule has 162 valence electrons. The minimum Gasteiger partial charge on any atom is -0.497 e. The average Bonchev–Trinajstić information content (AvgIpc) is 3.04. The molecule has 0 fully saturated rings. The first-order chi connectivity index (χ1) is 15.2. The average molecular weight is 430 g/mol. The van der Waals surface area contributed by atoms with Gasteiger partial charge in [0.1, 0.15) is 17.4 Å². The lowest BCUT2D eigenvalue weighted by molar-refractivity contribution is -0.384. The first-order valence-corrected chi connectivity index (χ1v) is 9.76. The van der Waals surface area contributed by atoms with Gasteiger partial charge >= 0.3 is 0 Å². The van der Waals surface area contributed by atoms with Crippen LogP contribution in [0.2, 0.25) is 0 Å². The van der Waals surface area contributed by atoms with Crippen LogP contribution in [0.4, 0.5) is 11.4 Å². The Morgan fingerprint density at radius 2 is 1.94 bits per heavy atom. The zero-order valence-electron chi connectivity index (χ0n) is 18.2. The Labute approximate surface area is 185 Å². The van der Waals surface area contributed by atoms with E-state index >= 15 is 0 Å². The summed E-state index contributed by atoms with van der Waals surface area (Å²) in [6, 6.07) is 15.4. The van der Waals surface area contributed by atoms with E-state index in [4.69, 9.17) is 4.74 Å². The zero-order chi connectivity index (χ0) is 23.4. The van der Waals surface area contributed by atoms with Crippen molar-refractivity contribution < 1.29 is 14.5 Å².